The average molecular weight is 429 g/mol. The quantitative estimate of drug-likeness (QED) is 0.630. The molecule has 6 heteroatoms. The number of carbonyl (C=O) groups excluding carboxylic acids is 3. The van der Waals surface area contributed by atoms with Crippen LogP contribution in [0.25, 0.3) is 0 Å². The number of hydrogen-bond acceptors (Lipinski definition) is 3. The predicted molar refractivity (Wildman–Crippen MR) is 116 cm³/mol. The highest BCUT2D eigenvalue weighted by Crippen LogP contribution is 2.61. The second-order valence-electron chi connectivity index (χ2n) is 8.31. The van der Waals surface area contributed by atoms with E-state index < -0.39 is 17.7 Å². The zero-order valence-electron chi connectivity index (χ0n) is 16.3. The molecule has 31 heavy (non-hydrogen) atoms. The van der Waals surface area contributed by atoms with Crippen molar-refractivity contribution in [2.24, 2.45) is 17.6 Å². The van der Waals surface area contributed by atoms with Crippen LogP contribution >= 0.6 is 11.6 Å². The number of primary amides is 1. The molecule has 2 atom stereocenters. The van der Waals surface area contributed by atoms with Gasteiger partial charge in [-0.3, -0.25) is 14.4 Å². The van der Waals surface area contributed by atoms with E-state index in [0.717, 1.165) is 22.3 Å². The van der Waals surface area contributed by atoms with Gasteiger partial charge in [-0.2, -0.15) is 0 Å². The summed E-state index contributed by atoms with van der Waals surface area (Å²) in [5, 5.41) is 0.188. The summed E-state index contributed by atoms with van der Waals surface area (Å²) in [5.74, 6) is -2.50. The molecule has 7 rings (SSSR count). The van der Waals surface area contributed by atoms with Gasteiger partial charge >= 0.3 is 0 Å². The molecule has 4 aliphatic rings. The summed E-state index contributed by atoms with van der Waals surface area (Å²) in [5.41, 5.74) is 10.3. The third kappa shape index (κ3) is 2.29. The summed E-state index contributed by atoms with van der Waals surface area (Å²) in [6.07, 6.45) is 0. The first-order chi connectivity index (χ1) is 15.0. The molecule has 1 heterocycles. The van der Waals surface area contributed by atoms with Gasteiger partial charge in [0.25, 0.3) is 0 Å². The van der Waals surface area contributed by atoms with Crippen LogP contribution in [-0.4, -0.2) is 17.7 Å². The number of nitrogens with zero attached hydrogens (tertiary/aromatic N) is 1. The van der Waals surface area contributed by atoms with Crippen molar-refractivity contribution in [2.75, 3.05) is 4.90 Å². The summed E-state index contributed by atoms with van der Waals surface area (Å²) in [4.78, 5) is 40.3. The molecule has 0 aromatic heterocycles. The molecule has 5 nitrogen and oxygen atoms in total. The maximum Gasteiger partial charge on any atom is 0.250 e. The fourth-order valence-electron chi connectivity index (χ4n) is 5.77. The van der Waals surface area contributed by atoms with Gasteiger partial charge < -0.3 is 5.73 Å². The van der Waals surface area contributed by atoms with Crippen LogP contribution in [0.4, 0.5) is 5.69 Å². The molecule has 0 radical (unpaired) electrons. The summed E-state index contributed by atoms with van der Waals surface area (Å²) in [6, 6.07) is 20.7. The SMILES string of the molecule is NC(=O)c1cc(N2C(=O)[C@@H]3C4c5ccccc5C(c5ccccc54)[C@@H]3C2=O)ccc1Cl. The van der Waals surface area contributed by atoms with Crippen LogP contribution in [0, 0.1) is 11.8 Å². The predicted octanol–water partition coefficient (Wildman–Crippen LogP) is 3.84. The minimum Gasteiger partial charge on any atom is -0.366 e. The van der Waals surface area contributed by atoms with Crippen molar-refractivity contribution in [2.45, 2.75) is 11.8 Å². The van der Waals surface area contributed by atoms with Gasteiger partial charge in [-0.1, -0.05) is 60.1 Å². The van der Waals surface area contributed by atoms with Crippen molar-refractivity contribution < 1.29 is 14.4 Å². The number of halogens is 1. The highest BCUT2D eigenvalue weighted by atomic mass is 35.5. The van der Waals surface area contributed by atoms with Crippen molar-refractivity contribution in [3.63, 3.8) is 0 Å². The monoisotopic (exact) mass is 428 g/mol. The maximum absolute atomic E-state index is 13.7. The van der Waals surface area contributed by atoms with Gasteiger partial charge in [0.1, 0.15) is 0 Å². The minimum atomic E-state index is -0.705. The van der Waals surface area contributed by atoms with Gasteiger partial charge in [0.2, 0.25) is 17.7 Å². The molecule has 1 aliphatic heterocycles. The molecule has 3 aliphatic carbocycles. The van der Waals surface area contributed by atoms with Crippen LogP contribution in [0.3, 0.4) is 0 Å². The molecular formula is C25H17ClN2O3. The normalized spacial score (nSPS) is 25.3. The Morgan fingerprint density at radius 3 is 1.65 bits per heavy atom. The molecule has 3 aromatic rings. The lowest BCUT2D eigenvalue weighted by Gasteiger charge is -2.45. The van der Waals surface area contributed by atoms with Gasteiger partial charge in [-0.05, 0) is 40.5 Å². The molecule has 152 valence electrons. The summed E-state index contributed by atoms with van der Waals surface area (Å²) >= 11 is 6.08. The van der Waals surface area contributed by atoms with E-state index in [4.69, 9.17) is 17.3 Å². The Morgan fingerprint density at radius 2 is 1.23 bits per heavy atom. The van der Waals surface area contributed by atoms with Crippen LogP contribution < -0.4 is 10.6 Å². The number of imide groups is 1. The molecule has 1 fully saturated rings. The Kier molecular flexibility index (Phi) is 3.72. The van der Waals surface area contributed by atoms with E-state index in [1.807, 2.05) is 24.3 Å². The van der Waals surface area contributed by atoms with Crippen LogP contribution in [0.15, 0.2) is 66.7 Å². The van der Waals surface area contributed by atoms with Crippen molar-refractivity contribution in [3.8, 4) is 0 Å². The van der Waals surface area contributed by atoms with Gasteiger partial charge in [0.05, 0.1) is 28.1 Å². The number of nitrogens with two attached hydrogens (primary N) is 1. The Hall–Kier alpha value is -3.44. The van der Waals surface area contributed by atoms with Gasteiger partial charge in [0, 0.05) is 11.8 Å². The second-order valence-corrected chi connectivity index (χ2v) is 8.71. The standard InChI is InChI=1S/C25H17ClN2O3/c26-18-10-9-12(11-17(18)23(27)29)28-24(30)21-19-13-5-1-2-6-14(13)20(22(21)25(28)31)16-8-4-3-7-15(16)19/h1-11,19-22H,(H2,27,29)/t19?,20?,21-,22+. The summed E-state index contributed by atoms with van der Waals surface area (Å²) in [6.45, 7) is 0. The van der Waals surface area contributed by atoms with E-state index in [1.54, 1.807) is 6.07 Å². The van der Waals surface area contributed by atoms with Crippen molar-refractivity contribution >= 4 is 35.0 Å². The molecule has 1 saturated heterocycles. The van der Waals surface area contributed by atoms with Crippen molar-refractivity contribution in [1.82, 2.24) is 0 Å². The first kappa shape index (κ1) is 18.3. The van der Waals surface area contributed by atoms with E-state index in [-0.39, 0.29) is 34.2 Å². The highest BCUT2D eigenvalue weighted by molar-refractivity contribution is 6.34. The minimum absolute atomic E-state index is 0.0872. The number of amides is 3. The first-order valence-corrected chi connectivity index (χ1v) is 10.5. The Bertz CT molecular complexity index is 1200. The van der Waals surface area contributed by atoms with E-state index in [0.29, 0.717) is 5.69 Å². The molecule has 3 aromatic carbocycles. The third-order valence-corrected chi connectivity index (χ3v) is 7.25. The fourth-order valence-corrected chi connectivity index (χ4v) is 5.98. The second kappa shape index (κ2) is 6.28. The topological polar surface area (TPSA) is 80.5 Å². The Morgan fingerprint density at radius 1 is 0.774 bits per heavy atom. The van der Waals surface area contributed by atoms with Crippen LogP contribution in [0.2, 0.25) is 5.02 Å². The number of anilines is 1. The van der Waals surface area contributed by atoms with Crippen LogP contribution in [0.5, 0.6) is 0 Å². The van der Waals surface area contributed by atoms with Crippen LogP contribution in [-0.2, 0) is 9.59 Å². The smallest absolute Gasteiger partial charge is 0.250 e. The largest absolute Gasteiger partial charge is 0.366 e. The van der Waals surface area contributed by atoms with Crippen LogP contribution in [0.1, 0.15) is 44.4 Å². The lowest BCUT2D eigenvalue weighted by Crippen LogP contribution is -2.41. The third-order valence-electron chi connectivity index (χ3n) is 6.92. The zero-order valence-corrected chi connectivity index (χ0v) is 17.0. The first-order valence-electron chi connectivity index (χ1n) is 10.1. The van der Waals surface area contributed by atoms with Gasteiger partial charge in [0.15, 0.2) is 0 Å². The van der Waals surface area contributed by atoms with E-state index >= 15 is 0 Å². The van der Waals surface area contributed by atoms with E-state index in [2.05, 4.69) is 24.3 Å². The van der Waals surface area contributed by atoms with Gasteiger partial charge in [-0.15, -0.1) is 0 Å². The number of hydrogen-bond donors (Lipinski definition) is 1. The van der Waals surface area contributed by atoms with Gasteiger partial charge in [-0.25, -0.2) is 4.90 Å². The fraction of sp³-hybridized carbons (Fsp3) is 0.160. The molecule has 2 bridgehead atoms. The molecule has 2 N–H and O–H groups in total. The summed E-state index contributed by atoms with van der Waals surface area (Å²) in [7, 11) is 0. The highest BCUT2D eigenvalue weighted by Gasteiger charge is 2.61. The van der Waals surface area contributed by atoms with Crippen molar-refractivity contribution in [1.29, 1.82) is 0 Å². The lowest BCUT2D eigenvalue weighted by atomic mass is 9.55. The van der Waals surface area contributed by atoms with E-state index in [9.17, 15) is 14.4 Å². The molecule has 0 spiro atoms. The molecule has 3 amide bonds. The number of carbonyl (C=O) groups is 3. The number of benzene rings is 3. The lowest BCUT2D eigenvalue weighted by molar-refractivity contribution is -0.122. The Balaban J connectivity index is 1.54. The number of rotatable bonds is 2. The van der Waals surface area contributed by atoms with Crippen molar-refractivity contribution in [3.05, 3.63) is 99.6 Å². The Labute approximate surface area is 183 Å². The summed E-state index contributed by atoms with van der Waals surface area (Å²) < 4.78 is 0. The molecule has 0 unspecified atom stereocenters. The van der Waals surface area contributed by atoms with E-state index in [1.165, 1.54) is 17.0 Å². The average Bonchev–Trinajstić information content (AvgIpc) is 3.05. The molecular weight excluding hydrogens is 412 g/mol. The maximum atomic E-state index is 13.7. The molecule has 0 saturated carbocycles. The zero-order chi connectivity index (χ0) is 21.4.